The van der Waals surface area contributed by atoms with Crippen molar-refractivity contribution in [3.05, 3.63) is 35.9 Å². The van der Waals surface area contributed by atoms with Gasteiger partial charge < -0.3 is 14.9 Å². The number of β-amino-alcohol motifs (C(OH)–C–C–N with tert-alkyl or cyclic N) is 1. The van der Waals surface area contributed by atoms with Crippen molar-refractivity contribution in [2.24, 2.45) is 0 Å². The molecule has 1 aromatic rings. The van der Waals surface area contributed by atoms with Crippen LogP contribution in [0.2, 0.25) is 0 Å². The van der Waals surface area contributed by atoms with Crippen molar-refractivity contribution in [3.63, 3.8) is 0 Å². The maximum atomic E-state index is 13.0. The number of benzene rings is 1. The van der Waals surface area contributed by atoms with Crippen molar-refractivity contribution in [3.8, 4) is 0 Å². The Balaban J connectivity index is 2.21. The molecule has 4 nitrogen and oxygen atoms in total. The Labute approximate surface area is 127 Å². The van der Waals surface area contributed by atoms with Crippen LogP contribution >= 0.6 is 0 Å². The molecule has 2 atom stereocenters. The number of nitrogens with zero attached hydrogens (tertiary/aromatic N) is 2. The van der Waals surface area contributed by atoms with Crippen molar-refractivity contribution in [1.29, 1.82) is 0 Å². The molecule has 2 unspecified atom stereocenters. The second-order valence-corrected chi connectivity index (χ2v) is 6.75. The van der Waals surface area contributed by atoms with Gasteiger partial charge in [0.05, 0.1) is 11.5 Å². The predicted molar refractivity (Wildman–Crippen MR) is 84.1 cm³/mol. The van der Waals surface area contributed by atoms with Gasteiger partial charge in [-0.3, -0.25) is 4.79 Å². The minimum atomic E-state index is -0.574. The third kappa shape index (κ3) is 3.44. The van der Waals surface area contributed by atoms with E-state index in [-0.39, 0.29) is 11.9 Å². The quantitative estimate of drug-likeness (QED) is 0.913. The van der Waals surface area contributed by atoms with E-state index in [9.17, 15) is 9.90 Å². The lowest BCUT2D eigenvalue weighted by molar-refractivity contribution is -0.137. The highest BCUT2D eigenvalue weighted by molar-refractivity contribution is 5.88. The molecule has 21 heavy (non-hydrogen) atoms. The number of likely N-dealkylation sites (N-methyl/N-ethyl adjacent to an activating group) is 1. The topological polar surface area (TPSA) is 43.8 Å². The summed E-state index contributed by atoms with van der Waals surface area (Å²) in [6, 6.07) is 9.95. The molecule has 4 heteroatoms. The summed E-state index contributed by atoms with van der Waals surface area (Å²) in [6.07, 6.45) is 0.250. The SMILES string of the molecule is CN(C)CC1CC(O)CN1C(=O)C(C)(C)c1ccccc1. The second kappa shape index (κ2) is 6.16. The lowest BCUT2D eigenvalue weighted by atomic mass is 9.83. The van der Waals surface area contributed by atoms with E-state index in [0.717, 1.165) is 12.1 Å². The van der Waals surface area contributed by atoms with E-state index in [1.807, 2.05) is 63.2 Å². The summed E-state index contributed by atoms with van der Waals surface area (Å²) >= 11 is 0. The summed E-state index contributed by atoms with van der Waals surface area (Å²) in [5.74, 6) is 0.0945. The summed E-state index contributed by atoms with van der Waals surface area (Å²) in [6.45, 7) is 5.14. The number of amides is 1. The van der Waals surface area contributed by atoms with E-state index < -0.39 is 11.5 Å². The monoisotopic (exact) mass is 290 g/mol. The van der Waals surface area contributed by atoms with Gasteiger partial charge in [-0.05, 0) is 39.9 Å². The molecule has 1 heterocycles. The van der Waals surface area contributed by atoms with E-state index >= 15 is 0 Å². The number of likely N-dealkylation sites (tertiary alicyclic amines) is 1. The van der Waals surface area contributed by atoms with Crippen LogP contribution in [-0.2, 0) is 10.2 Å². The van der Waals surface area contributed by atoms with Crippen LogP contribution in [0.4, 0.5) is 0 Å². The Bertz CT molecular complexity index is 485. The van der Waals surface area contributed by atoms with Crippen LogP contribution in [0, 0.1) is 0 Å². The largest absolute Gasteiger partial charge is 0.391 e. The Morgan fingerprint density at radius 2 is 1.95 bits per heavy atom. The van der Waals surface area contributed by atoms with Crippen LogP contribution in [0.15, 0.2) is 30.3 Å². The van der Waals surface area contributed by atoms with Crippen molar-refractivity contribution in [2.45, 2.75) is 37.8 Å². The third-order valence-corrected chi connectivity index (χ3v) is 4.26. The standard InChI is InChI=1S/C17H26N2O2/c1-17(2,13-8-6-5-7-9-13)16(21)19-12-15(20)10-14(19)11-18(3)4/h5-9,14-15,20H,10-12H2,1-4H3. The maximum absolute atomic E-state index is 13.0. The molecule has 0 spiro atoms. The van der Waals surface area contributed by atoms with Gasteiger partial charge in [-0.1, -0.05) is 30.3 Å². The molecule has 1 N–H and O–H groups in total. The molecule has 1 aromatic carbocycles. The van der Waals surface area contributed by atoms with Gasteiger partial charge in [0.25, 0.3) is 0 Å². The van der Waals surface area contributed by atoms with E-state index in [0.29, 0.717) is 13.0 Å². The zero-order valence-corrected chi connectivity index (χ0v) is 13.4. The predicted octanol–water partition coefficient (Wildman–Crippen LogP) is 1.49. The van der Waals surface area contributed by atoms with Crippen molar-refractivity contribution < 1.29 is 9.90 Å². The highest BCUT2D eigenvalue weighted by atomic mass is 16.3. The van der Waals surface area contributed by atoms with E-state index in [4.69, 9.17) is 0 Å². The lowest BCUT2D eigenvalue weighted by Crippen LogP contribution is -2.48. The Morgan fingerprint density at radius 1 is 1.33 bits per heavy atom. The lowest BCUT2D eigenvalue weighted by Gasteiger charge is -2.34. The first kappa shape index (κ1) is 16.0. The average molecular weight is 290 g/mol. The maximum Gasteiger partial charge on any atom is 0.233 e. The molecule has 1 saturated heterocycles. The number of hydrogen-bond donors (Lipinski definition) is 1. The van der Waals surface area contributed by atoms with Crippen molar-refractivity contribution in [2.75, 3.05) is 27.2 Å². The summed E-state index contributed by atoms with van der Waals surface area (Å²) < 4.78 is 0. The minimum absolute atomic E-state index is 0.0884. The third-order valence-electron chi connectivity index (χ3n) is 4.26. The number of aliphatic hydroxyl groups is 1. The zero-order chi connectivity index (χ0) is 15.6. The van der Waals surface area contributed by atoms with Gasteiger partial charge in [-0.25, -0.2) is 0 Å². The molecule has 1 aliphatic rings. The molecule has 0 aromatic heterocycles. The molecule has 0 bridgehead atoms. The van der Waals surface area contributed by atoms with Gasteiger partial charge in [-0.15, -0.1) is 0 Å². The average Bonchev–Trinajstić information content (AvgIpc) is 2.78. The van der Waals surface area contributed by atoms with Gasteiger partial charge in [0.2, 0.25) is 5.91 Å². The molecule has 0 radical (unpaired) electrons. The van der Waals surface area contributed by atoms with E-state index in [2.05, 4.69) is 4.90 Å². The fourth-order valence-corrected chi connectivity index (χ4v) is 3.07. The van der Waals surface area contributed by atoms with Crippen LogP contribution < -0.4 is 0 Å². The van der Waals surface area contributed by atoms with E-state index in [1.54, 1.807) is 0 Å². The fraction of sp³-hybridized carbons (Fsp3) is 0.588. The molecule has 1 amide bonds. The van der Waals surface area contributed by atoms with E-state index in [1.165, 1.54) is 0 Å². The van der Waals surface area contributed by atoms with Gasteiger partial charge in [0, 0.05) is 19.1 Å². The molecule has 116 valence electrons. The summed E-state index contributed by atoms with van der Waals surface area (Å²) in [7, 11) is 3.99. The van der Waals surface area contributed by atoms with Crippen LogP contribution in [0.25, 0.3) is 0 Å². The van der Waals surface area contributed by atoms with Crippen molar-refractivity contribution >= 4 is 5.91 Å². The fourth-order valence-electron chi connectivity index (χ4n) is 3.07. The normalized spacial score (nSPS) is 22.9. The Hall–Kier alpha value is -1.39. The molecular weight excluding hydrogens is 264 g/mol. The van der Waals surface area contributed by atoms with Crippen LogP contribution in [0.3, 0.4) is 0 Å². The smallest absolute Gasteiger partial charge is 0.233 e. The molecule has 2 rings (SSSR count). The van der Waals surface area contributed by atoms with Crippen LogP contribution in [0.1, 0.15) is 25.8 Å². The number of hydrogen-bond acceptors (Lipinski definition) is 3. The van der Waals surface area contributed by atoms with Gasteiger partial charge >= 0.3 is 0 Å². The highest BCUT2D eigenvalue weighted by Gasteiger charge is 2.41. The molecule has 0 aliphatic carbocycles. The summed E-state index contributed by atoms with van der Waals surface area (Å²) in [4.78, 5) is 16.9. The van der Waals surface area contributed by atoms with Crippen LogP contribution in [0.5, 0.6) is 0 Å². The molecule has 1 fully saturated rings. The molecular formula is C17H26N2O2. The van der Waals surface area contributed by atoms with Gasteiger partial charge in [-0.2, -0.15) is 0 Å². The minimum Gasteiger partial charge on any atom is -0.391 e. The highest BCUT2D eigenvalue weighted by Crippen LogP contribution is 2.29. The first-order valence-electron chi connectivity index (χ1n) is 7.51. The Morgan fingerprint density at radius 3 is 2.52 bits per heavy atom. The number of aliphatic hydroxyl groups excluding tert-OH is 1. The van der Waals surface area contributed by atoms with Crippen LogP contribution in [-0.4, -0.2) is 60.1 Å². The first-order valence-corrected chi connectivity index (χ1v) is 7.51. The van der Waals surface area contributed by atoms with Gasteiger partial charge in [0.15, 0.2) is 0 Å². The second-order valence-electron chi connectivity index (χ2n) is 6.75. The first-order chi connectivity index (χ1) is 9.82. The number of carbonyl (C=O) groups excluding carboxylic acids is 1. The summed E-state index contributed by atoms with van der Waals surface area (Å²) in [5, 5.41) is 9.96. The molecule has 1 aliphatic heterocycles. The Kier molecular flexibility index (Phi) is 4.69. The summed E-state index contributed by atoms with van der Waals surface area (Å²) in [5.41, 5.74) is 0.440. The van der Waals surface area contributed by atoms with Crippen molar-refractivity contribution in [1.82, 2.24) is 9.80 Å². The number of rotatable bonds is 4. The number of carbonyl (C=O) groups is 1. The van der Waals surface area contributed by atoms with Gasteiger partial charge in [0.1, 0.15) is 0 Å². The molecule has 0 saturated carbocycles. The zero-order valence-electron chi connectivity index (χ0n) is 13.4.